The summed E-state index contributed by atoms with van der Waals surface area (Å²) in [6.45, 7) is 0. The van der Waals surface area contributed by atoms with Gasteiger partial charge in [-0.15, -0.1) is 0 Å². The van der Waals surface area contributed by atoms with E-state index in [9.17, 15) is 0 Å². The summed E-state index contributed by atoms with van der Waals surface area (Å²) < 4.78 is 0. The van der Waals surface area contributed by atoms with Crippen LogP contribution < -0.4 is 0 Å². The number of azo groups is 1. The summed E-state index contributed by atoms with van der Waals surface area (Å²) in [7, 11) is 0. The van der Waals surface area contributed by atoms with Crippen LogP contribution in [-0.2, 0) is 0 Å². The van der Waals surface area contributed by atoms with Gasteiger partial charge >= 0.3 is 0 Å². The number of benzene rings is 1. The molecule has 0 bridgehead atoms. The minimum Gasteiger partial charge on any atom is -0.161 e. The summed E-state index contributed by atoms with van der Waals surface area (Å²) in [6.07, 6.45) is 8.36. The summed E-state index contributed by atoms with van der Waals surface area (Å²) in [5, 5.41) is 8.25. The van der Waals surface area contributed by atoms with E-state index in [2.05, 4.69) is 10.2 Å². The first-order valence-electron chi connectivity index (χ1n) is 4.80. The molecule has 0 aromatic heterocycles. The average molecular weight is 219 g/mol. The maximum absolute atomic E-state index is 6.23. The van der Waals surface area contributed by atoms with Gasteiger partial charge in [0.1, 0.15) is 0 Å². The lowest BCUT2D eigenvalue weighted by atomic mass is 10.1. The molecule has 0 amide bonds. The molecule has 76 valence electrons. The van der Waals surface area contributed by atoms with E-state index in [1.165, 1.54) is 0 Å². The number of nitrogens with zero attached hydrogens (tertiary/aromatic N) is 2. The van der Waals surface area contributed by atoms with Crippen molar-refractivity contribution in [3.05, 3.63) is 54.6 Å². The van der Waals surface area contributed by atoms with Gasteiger partial charge in [-0.3, -0.25) is 0 Å². The number of allylic oxidation sites excluding steroid dienone is 2. The molecule has 0 fully saturated rings. The highest BCUT2D eigenvalue weighted by Gasteiger charge is 2.22. The van der Waals surface area contributed by atoms with Crippen molar-refractivity contribution in [2.75, 3.05) is 0 Å². The SMILES string of the molecule is ClC1(N=Nc2ccccc2)C=CC=CC1. The highest BCUT2D eigenvalue weighted by Crippen LogP contribution is 2.28. The Morgan fingerprint density at radius 2 is 1.93 bits per heavy atom. The van der Waals surface area contributed by atoms with Gasteiger partial charge in [-0.25, -0.2) is 0 Å². The highest BCUT2D eigenvalue weighted by molar-refractivity contribution is 6.25. The first-order chi connectivity index (χ1) is 7.29. The number of hydrogen-bond acceptors (Lipinski definition) is 2. The molecule has 0 N–H and O–H groups in total. The van der Waals surface area contributed by atoms with Gasteiger partial charge in [-0.1, -0.05) is 48.0 Å². The van der Waals surface area contributed by atoms with Gasteiger partial charge in [0.05, 0.1) is 5.69 Å². The van der Waals surface area contributed by atoms with Gasteiger partial charge < -0.3 is 0 Å². The number of hydrogen-bond donors (Lipinski definition) is 0. The maximum Gasteiger partial charge on any atom is 0.176 e. The van der Waals surface area contributed by atoms with Crippen LogP contribution in [0.15, 0.2) is 64.9 Å². The van der Waals surface area contributed by atoms with E-state index in [-0.39, 0.29) is 0 Å². The first kappa shape index (κ1) is 10.1. The Balaban J connectivity index is 2.12. The Morgan fingerprint density at radius 3 is 2.60 bits per heavy atom. The Kier molecular flexibility index (Phi) is 2.97. The zero-order chi connectivity index (χ0) is 10.6. The quantitative estimate of drug-likeness (QED) is 0.403. The molecule has 3 heteroatoms. The number of alkyl halides is 1. The third-order valence-corrected chi connectivity index (χ3v) is 2.45. The van der Waals surface area contributed by atoms with Crippen LogP contribution in [-0.4, -0.2) is 5.00 Å². The Labute approximate surface area is 94.0 Å². The topological polar surface area (TPSA) is 24.7 Å². The fourth-order valence-electron chi connectivity index (χ4n) is 1.29. The van der Waals surface area contributed by atoms with Gasteiger partial charge in [0, 0.05) is 6.42 Å². The molecule has 0 heterocycles. The van der Waals surface area contributed by atoms with E-state index in [1.807, 2.05) is 54.6 Å². The standard InChI is InChI=1S/C12H11ClN2/c13-12(9-5-2-6-10-12)15-14-11-7-3-1-4-8-11/h1-9H,10H2. The molecular formula is C12H11ClN2. The molecular weight excluding hydrogens is 208 g/mol. The van der Waals surface area contributed by atoms with Gasteiger partial charge in [-0.05, 0) is 18.2 Å². The van der Waals surface area contributed by atoms with E-state index >= 15 is 0 Å². The molecule has 2 rings (SSSR count). The van der Waals surface area contributed by atoms with Crippen LogP contribution in [0.2, 0.25) is 0 Å². The first-order valence-corrected chi connectivity index (χ1v) is 5.18. The maximum atomic E-state index is 6.23. The second-order valence-electron chi connectivity index (χ2n) is 3.35. The van der Waals surface area contributed by atoms with E-state index < -0.39 is 5.00 Å². The summed E-state index contributed by atoms with van der Waals surface area (Å²) in [5.41, 5.74) is 0.820. The summed E-state index contributed by atoms with van der Waals surface area (Å²) >= 11 is 6.23. The van der Waals surface area contributed by atoms with Crippen LogP contribution >= 0.6 is 11.6 Å². The number of halogens is 1. The molecule has 0 radical (unpaired) electrons. The molecule has 1 aromatic rings. The Bertz CT molecular complexity index is 409. The normalized spacial score (nSPS) is 24.9. The van der Waals surface area contributed by atoms with Crippen molar-refractivity contribution in [1.29, 1.82) is 0 Å². The van der Waals surface area contributed by atoms with Crippen LogP contribution in [0, 0.1) is 0 Å². The second-order valence-corrected chi connectivity index (χ2v) is 4.00. The predicted octanol–water partition coefficient (Wildman–Crippen LogP) is 4.22. The molecule has 1 aliphatic carbocycles. The Hall–Kier alpha value is -1.41. The molecule has 0 spiro atoms. The zero-order valence-electron chi connectivity index (χ0n) is 8.18. The van der Waals surface area contributed by atoms with Crippen LogP contribution in [0.3, 0.4) is 0 Å². The molecule has 1 atom stereocenters. The van der Waals surface area contributed by atoms with Crippen molar-refractivity contribution in [3.8, 4) is 0 Å². The van der Waals surface area contributed by atoms with Crippen LogP contribution in [0.5, 0.6) is 0 Å². The fourth-order valence-corrected chi connectivity index (χ4v) is 1.49. The van der Waals surface area contributed by atoms with E-state index in [1.54, 1.807) is 0 Å². The van der Waals surface area contributed by atoms with Crippen LogP contribution in [0.1, 0.15) is 6.42 Å². The van der Waals surface area contributed by atoms with Crippen molar-refractivity contribution >= 4 is 17.3 Å². The lowest BCUT2D eigenvalue weighted by Crippen LogP contribution is -2.14. The zero-order valence-corrected chi connectivity index (χ0v) is 8.93. The molecule has 0 aliphatic heterocycles. The fraction of sp³-hybridized carbons (Fsp3) is 0.167. The van der Waals surface area contributed by atoms with Crippen molar-refractivity contribution in [1.82, 2.24) is 0 Å². The summed E-state index contributed by atoms with van der Waals surface area (Å²) in [5.74, 6) is 0. The van der Waals surface area contributed by atoms with Gasteiger partial charge in [0.25, 0.3) is 0 Å². The monoisotopic (exact) mass is 218 g/mol. The lowest BCUT2D eigenvalue weighted by molar-refractivity contribution is 0.701. The largest absolute Gasteiger partial charge is 0.176 e. The smallest absolute Gasteiger partial charge is 0.161 e. The molecule has 0 saturated heterocycles. The molecule has 2 nitrogen and oxygen atoms in total. The molecule has 15 heavy (non-hydrogen) atoms. The predicted molar refractivity (Wildman–Crippen MR) is 62.4 cm³/mol. The lowest BCUT2D eigenvalue weighted by Gasteiger charge is -2.16. The van der Waals surface area contributed by atoms with Crippen LogP contribution in [0.4, 0.5) is 5.69 Å². The van der Waals surface area contributed by atoms with E-state index in [0.717, 1.165) is 5.69 Å². The minimum absolute atomic E-state index is 0.682. The van der Waals surface area contributed by atoms with E-state index in [4.69, 9.17) is 11.6 Å². The molecule has 1 aliphatic rings. The van der Waals surface area contributed by atoms with Crippen molar-refractivity contribution in [3.63, 3.8) is 0 Å². The molecule has 0 saturated carbocycles. The minimum atomic E-state index is -0.704. The summed E-state index contributed by atoms with van der Waals surface area (Å²) in [4.78, 5) is -0.704. The Morgan fingerprint density at radius 1 is 1.13 bits per heavy atom. The van der Waals surface area contributed by atoms with Gasteiger partial charge in [0.15, 0.2) is 5.00 Å². The molecule has 1 unspecified atom stereocenters. The second kappa shape index (κ2) is 4.41. The number of rotatable bonds is 2. The summed E-state index contributed by atoms with van der Waals surface area (Å²) in [6, 6.07) is 9.58. The van der Waals surface area contributed by atoms with Crippen molar-refractivity contribution < 1.29 is 0 Å². The molecule has 1 aromatic carbocycles. The van der Waals surface area contributed by atoms with E-state index in [0.29, 0.717) is 6.42 Å². The van der Waals surface area contributed by atoms with Gasteiger partial charge in [0.2, 0.25) is 0 Å². The van der Waals surface area contributed by atoms with Crippen LogP contribution in [0.25, 0.3) is 0 Å². The van der Waals surface area contributed by atoms with Crippen molar-refractivity contribution in [2.24, 2.45) is 10.2 Å². The van der Waals surface area contributed by atoms with Gasteiger partial charge in [-0.2, -0.15) is 10.2 Å². The third-order valence-electron chi connectivity index (χ3n) is 2.09. The highest BCUT2D eigenvalue weighted by atomic mass is 35.5. The average Bonchev–Trinajstić information content (AvgIpc) is 2.29. The van der Waals surface area contributed by atoms with Crippen molar-refractivity contribution in [2.45, 2.75) is 11.4 Å². The third kappa shape index (κ3) is 2.77.